The number of hydrogen-bond acceptors (Lipinski definition) is 3. The summed E-state index contributed by atoms with van der Waals surface area (Å²) in [6.45, 7) is 8.16. The molecule has 0 aliphatic carbocycles. The summed E-state index contributed by atoms with van der Waals surface area (Å²) in [5.41, 5.74) is 0.125. The van der Waals surface area contributed by atoms with Gasteiger partial charge < -0.3 is 15.3 Å². The fourth-order valence-electron chi connectivity index (χ4n) is 2.10. The third-order valence-electron chi connectivity index (χ3n) is 3.25. The second-order valence-corrected chi connectivity index (χ2v) is 4.82. The van der Waals surface area contributed by atoms with Crippen LogP contribution in [0.1, 0.15) is 31.9 Å². The van der Waals surface area contributed by atoms with Crippen LogP contribution in [0.5, 0.6) is 0 Å². The Balaban J connectivity index is 2.34. The number of nitrogens with one attached hydrogen (secondary N) is 1. The Bertz CT molecular complexity index is 401. The Hall–Kier alpha value is -1.04. The number of likely N-dealkylation sites (N-methyl/N-ethyl adjacent to an activating group) is 1. The lowest BCUT2D eigenvalue weighted by atomic mass is 10.1. The van der Waals surface area contributed by atoms with Crippen LogP contribution >= 0.6 is 0 Å². The summed E-state index contributed by atoms with van der Waals surface area (Å²) in [4.78, 5) is 2.30. The maximum atomic E-state index is 13.5. The van der Waals surface area contributed by atoms with Gasteiger partial charge in [0.2, 0.25) is 0 Å². The van der Waals surface area contributed by atoms with Gasteiger partial charge in [0, 0.05) is 31.3 Å². The zero-order valence-electron chi connectivity index (χ0n) is 12.2. The van der Waals surface area contributed by atoms with E-state index in [-0.39, 0.29) is 12.1 Å². The first kappa shape index (κ1) is 17.0. The van der Waals surface area contributed by atoms with E-state index in [9.17, 15) is 13.9 Å². The molecule has 0 amide bonds. The zero-order valence-corrected chi connectivity index (χ0v) is 12.2. The average Bonchev–Trinajstić information content (AvgIpc) is 2.42. The molecule has 0 aliphatic rings. The lowest BCUT2D eigenvalue weighted by Gasteiger charge is -2.20. The monoisotopic (exact) mass is 286 g/mol. The van der Waals surface area contributed by atoms with Gasteiger partial charge >= 0.3 is 0 Å². The molecule has 0 saturated heterocycles. The van der Waals surface area contributed by atoms with Gasteiger partial charge in [0.25, 0.3) is 0 Å². The summed E-state index contributed by atoms with van der Waals surface area (Å²) < 4.78 is 26.2. The number of aliphatic hydroxyl groups is 1. The van der Waals surface area contributed by atoms with Crippen LogP contribution in [-0.2, 0) is 0 Å². The van der Waals surface area contributed by atoms with E-state index in [1.54, 1.807) is 0 Å². The van der Waals surface area contributed by atoms with Crippen LogP contribution < -0.4 is 5.32 Å². The number of aliphatic hydroxyl groups excluding tert-OH is 1. The van der Waals surface area contributed by atoms with Crippen molar-refractivity contribution in [2.75, 3.05) is 32.7 Å². The molecule has 20 heavy (non-hydrogen) atoms. The highest BCUT2D eigenvalue weighted by Gasteiger charge is 2.13. The minimum atomic E-state index is -0.961. The molecule has 5 heteroatoms. The van der Waals surface area contributed by atoms with Crippen molar-refractivity contribution in [2.24, 2.45) is 0 Å². The minimum Gasteiger partial charge on any atom is -0.387 e. The lowest BCUT2D eigenvalue weighted by molar-refractivity contribution is 0.167. The largest absolute Gasteiger partial charge is 0.387 e. The molecule has 2 N–H and O–H groups in total. The first-order chi connectivity index (χ1) is 9.58. The highest BCUT2D eigenvalue weighted by molar-refractivity contribution is 5.21. The Kier molecular flexibility index (Phi) is 7.65. The minimum absolute atomic E-state index is 0.125. The van der Waals surface area contributed by atoms with Crippen LogP contribution in [0.3, 0.4) is 0 Å². The molecule has 1 unspecified atom stereocenters. The maximum Gasteiger partial charge on any atom is 0.131 e. The third kappa shape index (κ3) is 5.53. The fourth-order valence-corrected chi connectivity index (χ4v) is 2.10. The molecule has 114 valence electrons. The summed E-state index contributed by atoms with van der Waals surface area (Å²) in [7, 11) is 0. The van der Waals surface area contributed by atoms with E-state index in [1.807, 2.05) is 0 Å². The summed E-state index contributed by atoms with van der Waals surface area (Å²) in [5.74, 6) is -1.34. The predicted molar refractivity (Wildman–Crippen MR) is 76.6 cm³/mol. The molecule has 0 aromatic heterocycles. The standard InChI is InChI=1S/C15H24F2N2O/c1-3-8-19(4-2)9-7-18-11-15(20)13-6-5-12(16)10-14(13)17/h5-6,10,15,18,20H,3-4,7-9,11H2,1-2H3. The highest BCUT2D eigenvalue weighted by Crippen LogP contribution is 2.17. The molecule has 0 saturated carbocycles. The van der Waals surface area contributed by atoms with E-state index in [2.05, 4.69) is 24.1 Å². The SMILES string of the molecule is CCCN(CC)CCNCC(O)c1ccc(F)cc1F. The van der Waals surface area contributed by atoms with Gasteiger partial charge in [0.15, 0.2) is 0 Å². The molecule has 0 aliphatic heterocycles. The number of rotatable bonds is 9. The van der Waals surface area contributed by atoms with E-state index in [0.717, 1.165) is 44.7 Å². The molecule has 1 rings (SSSR count). The first-order valence-corrected chi connectivity index (χ1v) is 7.14. The molecule has 0 radical (unpaired) electrons. The first-order valence-electron chi connectivity index (χ1n) is 7.14. The maximum absolute atomic E-state index is 13.5. The molecule has 0 fully saturated rings. The van der Waals surface area contributed by atoms with Crippen LogP contribution in [0.2, 0.25) is 0 Å². The van der Waals surface area contributed by atoms with Crippen LogP contribution in [0, 0.1) is 11.6 Å². The summed E-state index contributed by atoms with van der Waals surface area (Å²) in [5, 5.41) is 13.0. The van der Waals surface area contributed by atoms with Crippen molar-refractivity contribution in [1.82, 2.24) is 10.2 Å². The normalized spacial score (nSPS) is 12.9. The van der Waals surface area contributed by atoms with Crippen molar-refractivity contribution in [3.05, 3.63) is 35.4 Å². The van der Waals surface area contributed by atoms with Gasteiger partial charge in [0.1, 0.15) is 11.6 Å². The van der Waals surface area contributed by atoms with Gasteiger partial charge in [-0.2, -0.15) is 0 Å². The van der Waals surface area contributed by atoms with Crippen LogP contribution in [0.4, 0.5) is 8.78 Å². The van der Waals surface area contributed by atoms with Crippen LogP contribution in [-0.4, -0.2) is 42.7 Å². The van der Waals surface area contributed by atoms with Crippen molar-refractivity contribution in [3.8, 4) is 0 Å². The van der Waals surface area contributed by atoms with Gasteiger partial charge in [0.05, 0.1) is 6.10 Å². The zero-order chi connectivity index (χ0) is 15.0. The topological polar surface area (TPSA) is 35.5 Å². The molecule has 1 aromatic carbocycles. The molecule has 3 nitrogen and oxygen atoms in total. The van der Waals surface area contributed by atoms with Crippen LogP contribution in [0.25, 0.3) is 0 Å². The van der Waals surface area contributed by atoms with Gasteiger partial charge in [-0.25, -0.2) is 8.78 Å². The number of hydrogen-bond donors (Lipinski definition) is 2. The van der Waals surface area contributed by atoms with Crippen molar-refractivity contribution in [2.45, 2.75) is 26.4 Å². The smallest absolute Gasteiger partial charge is 0.131 e. The molecule has 0 spiro atoms. The fraction of sp³-hybridized carbons (Fsp3) is 0.600. The Morgan fingerprint density at radius 2 is 2.00 bits per heavy atom. The van der Waals surface area contributed by atoms with Crippen LogP contribution in [0.15, 0.2) is 18.2 Å². The average molecular weight is 286 g/mol. The van der Waals surface area contributed by atoms with Gasteiger partial charge in [-0.15, -0.1) is 0 Å². The molecule has 1 atom stereocenters. The van der Waals surface area contributed by atoms with Gasteiger partial charge in [-0.05, 0) is 25.6 Å². The van der Waals surface area contributed by atoms with Crippen molar-refractivity contribution >= 4 is 0 Å². The lowest BCUT2D eigenvalue weighted by Crippen LogP contribution is -2.34. The highest BCUT2D eigenvalue weighted by atomic mass is 19.1. The number of nitrogens with zero attached hydrogens (tertiary/aromatic N) is 1. The number of benzene rings is 1. The predicted octanol–water partition coefficient (Wildman–Crippen LogP) is 2.32. The molecular formula is C15H24F2N2O. The molecular weight excluding hydrogens is 262 g/mol. The van der Waals surface area contributed by atoms with E-state index < -0.39 is 17.7 Å². The Labute approximate surface area is 119 Å². The van der Waals surface area contributed by atoms with E-state index in [1.165, 1.54) is 6.07 Å². The van der Waals surface area contributed by atoms with Crippen molar-refractivity contribution < 1.29 is 13.9 Å². The summed E-state index contributed by atoms with van der Waals surface area (Å²) in [6.07, 6.45) is 0.147. The van der Waals surface area contributed by atoms with Gasteiger partial charge in [-0.1, -0.05) is 19.9 Å². The van der Waals surface area contributed by atoms with E-state index in [4.69, 9.17) is 0 Å². The molecule has 0 bridgehead atoms. The summed E-state index contributed by atoms with van der Waals surface area (Å²) >= 11 is 0. The molecule has 1 aromatic rings. The Morgan fingerprint density at radius 1 is 1.25 bits per heavy atom. The third-order valence-corrected chi connectivity index (χ3v) is 3.25. The second kappa shape index (κ2) is 9.00. The van der Waals surface area contributed by atoms with Crippen molar-refractivity contribution in [3.63, 3.8) is 0 Å². The quantitative estimate of drug-likeness (QED) is 0.684. The second-order valence-electron chi connectivity index (χ2n) is 4.82. The summed E-state index contributed by atoms with van der Waals surface area (Å²) in [6, 6.07) is 3.23. The van der Waals surface area contributed by atoms with E-state index in [0.29, 0.717) is 0 Å². The van der Waals surface area contributed by atoms with E-state index >= 15 is 0 Å². The number of halogens is 2. The Morgan fingerprint density at radius 3 is 2.60 bits per heavy atom. The van der Waals surface area contributed by atoms with Gasteiger partial charge in [-0.3, -0.25) is 0 Å². The molecule has 0 heterocycles. The van der Waals surface area contributed by atoms with Crippen molar-refractivity contribution in [1.29, 1.82) is 0 Å².